The summed E-state index contributed by atoms with van der Waals surface area (Å²) < 4.78 is 40.4. The lowest BCUT2D eigenvalue weighted by Gasteiger charge is -2.09. The van der Waals surface area contributed by atoms with Gasteiger partial charge in [0.25, 0.3) is 5.56 Å². The van der Waals surface area contributed by atoms with E-state index in [0.717, 1.165) is 33.3 Å². The molecule has 27 heavy (non-hydrogen) atoms. The topological polar surface area (TPSA) is 98.3 Å². The number of amides is 1. The summed E-state index contributed by atoms with van der Waals surface area (Å²) in [5.41, 5.74) is -0.268. The van der Waals surface area contributed by atoms with E-state index in [1.807, 2.05) is 0 Å². The smallest absolute Gasteiger partial charge is 0.272 e. The Hall–Kier alpha value is -2.89. The fraction of sp³-hybridized carbons (Fsp3) is 0.267. The van der Waals surface area contributed by atoms with E-state index < -0.39 is 28.9 Å². The number of benzene rings is 1. The number of nitrogens with one attached hydrogen (secondary N) is 1. The number of thioether (sulfide) groups is 1. The third kappa shape index (κ3) is 5.06. The Bertz CT molecular complexity index is 997. The first-order valence-corrected chi connectivity index (χ1v) is 8.35. The molecule has 0 saturated carbocycles. The highest BCUT2D eigenvalue weighted by Gasteiger charge is 2.32. The zero-order valence-electron chi connectivity index (χ0n) is 14.1. The summed E-state index contributed by atoms with van der Waals surface area (Å²) >= 11 is 0.776. The second-order valence-corrected chi connectivity index (χ2v) is 6.21. The van der Waals surface area contributed by atoms with Crippen LogP contribution in [0, 0.1) is 0 Å². The van der Waals surface area contributed by atoms with E-state index >= 15 is 0 Å². The Labute approximate surface area is 154 Å². The Morgan fingerprint density at radius 3 is 2.63 bits per heavy atom. The number of rotatable bonds is 5. The van der Waals surface area contributed by atoms with Crippen molar-refractivity contribution < 1.29 is 18.0 Å². The molecule has 0 atom stereocenters. The van der Waals surface area contributed by atoms with Crippen LogP contribution in [-0.2, 0) is 25.1 Å². The summed E-state index contributed by atoms with van der Waals surface area (Å²) in [6.45, 7) is 0. The zero-order chi connectivity index (χ0) is 20.2. The second-order valence-electron chi connectivity index (χ2n) is 5.24. The summed E-state index contributed by atoms with van der Waals surface area (Å²) in [5.74, 6) is -0.919. The maximum atomic E-state index is 12.9. The molecule has 0 unspecified atom stereocenters. The van der Waals surface area contributed by atoms with Gasteiger partial charge >= 0.3 is 11.9 Å². The van der Waals surface area contributed by atoms with Crippen LogP contribution in [0.5, 0.6) is 0 Å². The third-order valence-corrected chi connectivity index (χ3v) is 4.23. The van der Waals surface area contributed by atoms with Gasteiger partial charge in [0.1, 0.15) is 0 Å². The van der Waals surface area contributed by atoms with E-state index in [4.69, 9.17) is 0 Å². The van der Waals surface area contributed by atoms with E-state index in [-0.39, 0.29) is 16.3 Å². The van der Waals surface area contributed by atoms with Gasteiger partial charge in [-0.15, -0.1) is 0 Å². The molecule has 1 amide bonds. The summed E-state index contributed by atoms with van der Waals surface area (Å²) in [4.78, 5) is 35.2. The molecule has 0 aliphatic carbocycles. The van der Waals surface area contributed by atoms with Gasteiger partial charge in [-0.25, -0.2) is 14.9 Å². The van der Waals surface area contributed by atoms with Crippen molar-refractivity contribution >= 4 is 23.9 Å². The van der Waals surface area contributed by atoms with Gasteiger partial charge in [0.15, 0.2) is 5.03 Å². The lowest BCUT2D eigenvalue weighted by atomic mass is 10.1. The highest BCUT2D eigenvalue weighted by atomic mass is 32.2. The Morgan fingerprint density at radius 1 is 1.30 bits per heavy atom. The van der Waals surface area contributed by atoms with Gasteiger partial charge in [0, 0.05) is 19.7 Å². The lowest BCUT2D eigenvalue weighted by molar-refractivity contribution is -0.137. The number of carbonyl (C=O) groups is 1. The highest BCUT2D eigenvalue weighted by Crippen LogP contribution is 2.30. The summed E-state index contributed by atoms with van der Waals surface area (Å²) in [5, 5.41) is 7.20. The average Bonchev–Trinajstić information content (AvgIpc) is 2.61. The molecule has 1 heterocycles. The van der Waals surface area contributed by atoms with E-state index in [0.29, 0.717) is 0 Å². The van der Waals surface area contributed by atoms with Gasteiger partial charge in [-0.2, -0.15) is 23.4 Å². The van der Waals surface area contributed by atoms with Gasteiger partial charge in [0.05, 0.1) is 17.5 Å². The molecule has 0 aliphatic rings. The number of hydrogen-bond acceptors (Lipinski definition) is 6. The van der Waals surface area contributed by atoms with Crippen LogP contribution in [0.3, 0.4) is 0 Å². The molecule has 1 aromatic carbocycles. The molecule has 2 rings (SSSR count). The van der Waals surface area contributed by atoms with E-state index in [2.05, 4.69) is 15.6 Å². The Kier molecular flexibility index (Phi) is 6.20. The standard InChI is InChI=1S/C15H14F3N5O3S/c1-22-13(25)12(21-23(2)14(22)26)27-8-11(24)20-19-7-9-5-3-4-6-10(9)15(16,17)18/h3-7H,8H2,1-2H3,(H,20,24)/b19-7-. The van der Waals surface area contributed by atoms with Gasteiger partial charge < -0.3 is 0 Å². The van der Waals surface area contributed by atoms with Gasteiger partial charge in [-0.1, -0.05) is 30.0 Å². The van der Waals surface area contributed by atoms with Crippen molar-refractivity contribution in [2.45, 2.75) is 11.2 Å². The van der Waals surface area contributed by atoms with Crippen molar-refractivity contribution in [2.75, 3.05) is 5.75 Å². The molecular weight excluding hydrogens is 387 g/mol. The maximum absolute atomic E-state index is 12.9. The second kappa shape index (κ2) is 8.20. The van der Waals surface area contributed by atoms with E-state index in [1.54, 1.807) is 0 Å². The minimum absolute atomic E-state index is 0.0684. The summed E-state index contributed by atoms with van der Waals surface area (Å²) in [6, 6.07) is 4.77. The number of aromatic nitrogens is 3. The molecule has 0 aliphatic heterocycles. The fourth-order valence-electron chi connectivity index (χ4n) is 1.97. The first kappa shape index (κ1) is 20.4. The minimum Gasteiger partial charge on any atom is -0.272 e. The number of carbonyl (C=O) groups excluding carboxylic acids is 1. The number of halogens is 3. The van der Waals surface area contributed by atoms with Gasteiger partial charge in [-0.05, 0) is 6.07 Å². The normalized spacial score (nSPS) is 11.7. The molecule has 0 bridgehead atoms. The van der Waals surface area contributed by atoms with Crippen molar-refractivity contribution in [3.63, 3.8) is 0 Å². The van der Waals surface area contributed by atoms with Crippen LogP contribution in [0.1, 0.15) is 11.1 Å². The lowest BCUT2D eigenvalue weighted by Crippen LogP contribution is -2.39. The predicted molar refractivity (Wildman–Crippen MR) is 92.6 cm³/mol. The third-order valence-electron chi connectivity index (χ3n) is 3.29. The molecule has 2 aromatic rings. The first-order valence-electron chi connectivity index (χ1n) is 7.36. The quantitative estimate of drug-likeness (QED) is 0.453. The fourth-order valence-corrected chi connectivity index (χ4v) is 2.74. The van der Waals surface area contributed by atoms with E-state index in [1.165, 1.54) is 32.3 Å². The van der Waals surface area contributed by atoms with Crippen LogP contribution in [0.4, 0.5) is 13.2 Å². The van der Waals surface area contributed by atoms with Crippen molar-refractivity contribution in [3.8, 4) is 0 Å². The van der Waals surface area contributed by atoms with Crippen LogP contribution in [-0.4, -0.2) is 32.2 Å². The Balaban J connectivity index is 2.02. The van der Waals surface area contributed by atoms with Crippen molar-refractivity contribution in [1.82, 2.24) is 19.8 Å². The van der Waals surface area contributed by atoms with Crippen LogP contribution in [0.25, 0.3) is 0 Å². The van der Waals surface area contributed by atoms with Crippen molar-refractivity contribution in [1.29, 1.82) is 0 Å². The summed E-state index contributed by atoms with van der Waals surface area (Å²) in [6.07, 6.45) is -3.66. The maximum Gasteiger partial charge on any atom is 0.417 e. The minimum atomic E-state index is -4.54. The molecular formula is C15H14F3N5O3S. The van der Waals surface area contributed by atoms with Crippen LogP contribution in [0.2, 0.25) is 0 Å². The summed E-state index contributed by atoms with van der Waals surface area (Å²) in [7, 11) is 2.63. The number of alkyl halides is 3. The van der Waals surface area contributed by atoms with Gasteiger partial charge in [-0.3, -0.25) is 14.2 Å². The van der Waals surface area contributed by atoms with Crippen molar-refractivity contribution in [2.24, 2.45) is 19.2 Å². The monoisotopic (exact) mass is 401 g/mol. The molecule has 0 radical (unpaired) electrons. The van der Waals surface area contributed by atoms with Crippen LogP contribution < -0.4 is 16.7 Å². The van der Waals surface area contributed by atoms with Crippen molar-refractivity contribution in [3.05, 3.63) is 56.2 Å². The molecule has 12 heteroatoms. The largest absolute Gasteiger partial charge is 0.417 e. The number of aryl methyl sites for hydroxylation is 1. The predicted octanol–water partition coefficient (Wildman–Crippen LogP) is 0.740. The van der Waals surface area contributed by atoms with E-state index in [9.17, 15) is 27.6 Å². The molecule has 8 nitrogen and oxygen atoms in total. The molecule has 144 valence electrons. The van der Waals surface area contributed by atoms with Crippen LogP contribution >= 0.6 is 11.8 Å². The molecule has 0 saturated heterocycles. The van der Waals surface area contributed by atoms with Crippen LogP contribution in [0.15, 0.2) is 44.0 Å². The molecule has 0 spiro atoms. The molecule has 1 N–H and O–H groups in total. The first-order chi connectivity index (χ1) is 12.6. The highest BCUT2D eigenvalue weighted by molar-refractivity contribution is 7.99. The molecule has 0 fully saturated rings. The number of nitrogens with zero attached hydrogens (tertiary/aromatic N) is 4. The number of hydrazone groups is 1. The van der Waals surface area contributed by atoms with Gasteiger partial charge in [0.2, 0.25) is 5.91 Å². The number of hydrogen-bond donors (Lipinski definition) is 1. The Morgan fingerprint density at radius 2 is 1.96 bits per heavy atom. The SMILES string of the molecule is Cn1nc(SCC(=O)N/N=C\c2ccccc2C(F)(F)F)c(=O)n(C)c1=O. The molecule has 1 aromatic heterocycles. The zero-order valence-corrected chi connectivity index (χ0v) is 15.0. The average molecular weight is 401 g/mol.